The minimum Gasteiger partial charge on any atom is -0.493 e. The van der Waals surface area contributed by atoms with Gasteiger partial charge in [0.25, 0.3) is 5.91 Å². The monoisotopic (exact) mass is 440 g/mol. The molecule has 1 aliphatic carbocycles. The Morgan fingerprint density at radius 3 is 2.53 bits per heavy atom. The van der Waals surface area contributed by atoms with Crippen LogP contribution in [0.4, 0.5) is 5.69 Å². The van der Waals surface area contributed by atoms with Crippen LogP contribution in [0.25, 0.3) is 0 Å². The maximum atomic E-state index is 11.7. The lowest BCUT2D eigenvalue weighted by molar-refractivity contribution is -0.123. The first-order valence-electron chi connectivity index (χ1n) is 10.9. The lowest BCUT2D eigenvalue weighted by Gasteiger charge is -2.14. The average molecular weight is 441 g/mol. The smallest absolute Gasteiger partial charge is 0.258 e. The molecule has 1 fully saturated rings. The van der Waals surface area contributed by atoms with Crippen molar-refractivity contribution in [2.24, 2.45) is 4.99 Å². The van der Waals surface area contributed by atoms with Gasteiger partial charge in [0.2, 0.25) is 0 Å². The van der Waals surface area contributed by atoms with Gasteiger partial charge in [-0.25, -0.2) is 0 Å². The summed E-state index contributed by atoms with van der Waals surface area (Å²) in [6.07, 6.45) is 2.96. The molecule has 0 aromatic heterocycles. The number of carbonyl (C=O) groups excluding carboxylic acids is 1. The third-order valence-electron chi connectivity index (χ3n) is 4.89. The zero-order chi connectivity index (χ0) is 22.8. The van der Waals surface area contributed by atoms with E-state index in [1.54, 1.807) is 14.2 Å². The van der Waals surface area contributed by atoms with E-state index < -0.39 is 0 Å². The van der Waals surface area contributed by atoms with Crippen LogP contribution in [0.1, 0.15) is 25.3 Å². The first-order chi connectivity index (χ1) is 15.6. The molecule has 0 saturated heterocycles. The quantitative estimate of drug-likeness (QED) is 0.367. The number of anilines is 1. The Hall–Kier alpha value is -3.42. The highest BCUT2D eigenvalue weighted by atomic mass is 16.5. The van der Waals surface area contributed by atoms with Gasteiger partial charge in [0.15, 0.2) is 24.1 Å². The standard InChI is InChI=1S/C24H32N4O4/c1-4-31-21-12-9-19(15-22(21)30-3)28-24(25-2)26-14-13-17-5-10-20(11-6-17)32-16-23(29)27-18-7-8-18/h5-6,9-12,15,18H,4,7-8,13-14,16H2,1-3H3,(H,27,29)(H2,25,26,28). The number of methoxy groups -OCH3 is 1. The largest absolute Gasteiger partial charge is 0.493 e. The van der Waals surface area contributed by atoms with Crippen molar-refractivity contribution in [2.75, 3.05) is 39.2 Å². The van der Waals surface area contributed by atoms with Crippen LogP contribution in [0.15, 0.2) is 47.5 Å². The normalized spacial score (nSPS) is 13.3. The van der Waals surface area contributed by atoms with Crippen LogP contribution < -0.4 is 30.2 Å². The summed E-state index contributed by atoms with van der Waals surface area (Å²) >= 11 is 0. The highest BCUT2D eigenvalue weighted by Crippen LogP contribution is 2.30. The van der Waals surface area contributed by atoms with Crippen LogP contribution in [0.3, 0.4) is 0 Å². The fourth-order valence-corrected chi connectivity index (χ4v) is 3.06. The number of hydrogen-bond donors (Lipinski definition) is 3. The van der Waals surface area contributed by atoms with Gasteiger partial charge in [0, 0.05) is 31.4 Å². The number of hydrogen-bond acceptors (Lipinski definition) is 5. The van der Waals surface area contributed by atoms with Gasteiger partial charge in [0.1, 0.15) is 5.75 Å². The molecule has 0 aliphatic heterocycles. The zero-order valence-electron chi connectivity index (χ0n) is 18.9. The summed E-state index contributed by atoms with van der Waals surface area (Å²) in [7, 11) is 3.35. The Morgan fingerprint density at radius 2 is 1.88 bits per heavy atom. The summed E-state index contributed by atoms with van der Waals surface area (Å²) < 4.78 is 16.5. The number of rotatable bonds is 11. The van der Waals surface area contributed by atoms with Gasteiger partial charge in [-0.05, 0) is 56.0 Å². The van der Waals surface area contributed by atoms with Gasteiger partial charge in [-0.15, -0.1) is 0 Å². The molecule has 0 heterocycles. The molecule has 172 valence electrons. The summed E-state index contributed by atoms with van der Waals surface area (Å²) in [6, 6.07) is 13.8. The van der Waals surface area contributed by atoms with Crippen molar-refractivity contribution < 1.29 is 19.0 Å². The number of ether oxygens (including phenoxy) is 3. The van der Waals surface area contributed by atoms with Gasteiger partial charge in [0.05, 0.1) is 13.7 Å². The van der Waals surface area contributed by atoms with Crippen molar-refractivity contribution in [3.8, 4) is 17.2 Å². The molecule has 2 aromatic rings. The topological polar surface area (TPSA) is 93.2 Å². The third kappa shape index (κ3) is 7.37. The van der Waals surface area contributed by atoms with E-state index in [4.69, 9.17) is 14.2 Å². The van der Waals surface area contributed by atoms with E-state index in [9.17, 15) is 4.79 Å². The fourth-order valence-electron chi connectivity index (χ4n) is 3.06. The Bertz CT molecular complexity index is 911. The molecule has 8 nitrogen and oxygen atoms in total. The Kier molecular flexibility index (Phi) is 8.60. The van der Waals surface area contributed by atoms with Gasteiger partial charge in [-0.2, -0.15) is 0 Å². The Morgan fingerprint density at radius 1 is 1.09 bits per heavy atom. The second-order valence-electron chi connectivity index (χ2n) is 7.45. The Balaban J connectivity index is 1.42. The first kappa shape index (κ1) is 23.2. The molecule has 3 rings (SSSR count). The van der Waals surface area contributed by atoms with E-state index in [2.05, 4.69) is 20.9 Å². The predicted molar refractivity (Wildman–Crippen MR) is 126 cm³/mol. The minimum atomic E-state index is -0.0650. The maximum absolute atomic E-state index is 11.7. The molecular formula is C24H32N4O4. The molecule has 1 aliphatic rings. The van der Waals surface area contributed by atoms with Crippen LogP contribution in [-0.2, 0) is 11.2 Å². The highest BCUT2D eigenvalue weighted by molar-refractivity contribution is 5.93. The molecular weight excluding hydrogens is 408 g/mol. The number of nitrogens with one attached hydrogen (secondary N) is 3. The molecule has 0 radical (unpaired) electrons. The lowest BCUT2D eigenvalue weighted by Crippen LogP contribution is -2.32. The van der Waals surface area contributed by atoms with Crippen LogP contribution in [0, 0.1) is 0 Å². The van der Waals surface area contributed by atoms with E-state index in [-0.39, 0.29) is 12.5 Å². The second-order valence-corrected chi connectivity index (χ2v) is 7.45. The predicted octanol–water partition coefficient (Wildman–Crippen LogP) is 2.98. The number of nitrogens with zero attached hydrogens (tertiary/aromatic N) is 1. The number of benzene rings is 2. The van der Waals surface area contributed by atoms with Crippen LogP contribution in [0.5, 0.6) is 17.2 Å². The van der Waals surface area contributed by atoms with Gasteiger partial charge >= 0.3 is 0 Å². The number of amides is 1. The van der Waals surface area contributed by atoms with Crippen LogP contribution in [0.2, 0.25) is 0 Å². The van der Waals surface area contributed by atoms with E-state index >= 15 is 0 Å². The van der Waals surface area contributed by atoms with Gasteiger partial charge in [-0.3, -0.25) is 9.79 Å². The summed E-state index contributed by atoms with van der Waals surface area (Å²) in [5, 5.41) is 9.47. The summed E-state index contributed by atoms with van der Waals surface area (Å²) in [5.41, 5.74) is 2.01. The zero-order valence-corrected chi connectivity index (χ0v) is 18.9. The number of carbonyl (C=O) groups is 1. The van der Waals surface area contributed by atoms with E-state index in [1.807, 2.05) is 49.4 Å². The van der Waals surface area contributed by atoms with Crippen molar-refractivity contribution in [2.45, 2.75) is 32.2 Å². The van der Waals surface area contributed by atoms with Crippen molar-refractivity contribution in [3.05, 3.63) is 48.0 Å². The van der Waals surface area contributed by atoms with Crippen molar-refractivity contribution >= 4 is 17.6 Å². The summed E-state index contributed by atoms with van der Waals surface area (Å²) in [4.78, 5) is 16.0. The molecule has 0 bridgehead atoms. The summed E-state index contributed by atoms with van der Waals surface area (Å²) in [6.45, 7) is 3.27. The van der Waals surface area contributed by atoms with Crippen LogP contribution in [-0.4, -0.2) is 51.8 Å². The molecule has 0 spiro atoms. The molecule has 0 atom stereocenters. The van der Waals surface area contributed by atoms with Crippen LogP contribution >= 0.6 is 0 Å². The van der Waals surface area contributed by atoms with Gasteiger partial charge < -0.3 is 30.2 Å². The Labute approximate surface area is 189 Å². The van der Waals surface area contributed by atoms with E-state index in [1.165, 1.54) is 0 Å². The summed E-state index contributed by atoms with van der Waals surface area (Å²) in [5.74, 6) is 2.66. The van der Waals surface area contributed by atoms with E-state index in [0.29, 0.717) is 42.4 Å². The SMILES string of the molecule is CCOc1ccc(NC(=NC)NCCc2ccc(OCC(=O)NC3CC3)cc2)cc1OC. The molecule has 3 N–H and O–H groups in total. The molecule has 8 heteroatoms. The molecule has 0 unspecified atom stereocenters. The molecule has 2 aromatic carbocycles. The highest BCUT2D eigenvalue weighted by Gasteiger charge is 2.23. The third-order valence-corrected chi connectivity index (χ3v) is 4.89. The average Bonchev–Trinajstić information content (AvgIpc) is 3.62. The molecule has 1 saturated carbocycles. The van der Waals surface area contributed by atoms with E-state index in [0.717, 1.165) is 30.5 Å². The molecule has 32 heavy (non-hydrogen) atoms. The number of aliphatic imine (C=N–C) groups is 1. The minimum absolute atomic E-state index is 0.0513. The fraction of sp³-hybridized carbons (Fsp3) is 0.417. The lowest BCUT2D eigenvalue weighted by atomic mass is 10.1. The molecule has 1 amide bonds. The first-order valence-corrected chi connectivity index (χ1v) is 10.9. The van der Waals surface area contributed by atoms with Crippen molar-refractivity contribution in [3.63, 3.8) is 0 Å². The maximum Gasteiger partial charge on any atom is 0.258 e. The van der Waals surface area contributed by atoms with Crippen molar-refractivity contribution in [1.82, 2.24) is 10.6 Å². The second kappa shape index (κ2) is 11.8. The van der Waals surface area contributed by atoms with Gasteiger partial charge in [-0.1, -0.05) is 12.1 Å². The number of guanidine groups is 1. The van der Waals surface area contributed by atoms with Crippen molar-refractivity contribution in [1.29, 1.82) is 0 Å².